The molecule has 0 aliphatic carbocycles. The molecule has 0 radical (unpaired) electrons. The number of benzene rings is 2. The van der Waals surface area contributed by atoms with Crippen LogP contribution in [0.4, 0.5) is 0 Å². The Morgan fingerprint density at radius 2 is 2.00 bits per heavy atom. The van der Waals surface area contributed by atoms with Crippen LogP contribution in [0.15, 0.2) is 47.3 Å². The highest BCUT2D eigenvalue weighted by molar-refractivity contribution is 5.77. The molecule has 0 saturated carbocycles. The predicted molar refractivity (Wildman–Crippen MR) is 79.4 cm³/mol. The molecule has 1 aromatic heterocycles. The molecule has 0 atom stereocenters. The van der Waals surface area contributed by atoms with Crippen molar-refractivity contribution in [1.29, 1.82) is 0 Å². The first-order valence-corrected chi connectivity index (χ1v) is 6.50. The number of H-pyrrole nitrogens is 1. The monoisotopic (exact) mass is 268 g/mol. The van der Waals surface area contributed by atoms with Crippen molar-refractivity contribution in [1.82, 2.24) is 9.55 Å². The highest BCUT2D eigenvalue weighted by Crippen LogP contribution is 2.19. The van der Waals surface area contributed by atoms with Gasteiger partial charge in [0.15, 0.2) is 0 Å². The molecule has 0 saturated heterocycles. The Kier molecular flexibility index (Phi) is 3.06. The van der Waals surface area contributed by atoms with Gasteiger partial charge in [0.1, 0.15) is 5.75 Å². The van der Waals surface area contributed by atoms with Crippen molar-refractivity contribution < 1.29 is 4.74 Å². The molecule has 0 aliphatic heterocycles. The van der Waals surface area contributed by atoms with Gasteiger partial charge in [0, 0.05) is 6.07 Å². The quantitative estimate of drug-likeness (QED) is 0.794. The Morgan fingerprint density at radius 3 is 2.75 bits per heavy atom. The molecule has 1 heterocycles. The van der Waals surface area contributed by atoms with Gasteiger partial charge >= 0.3 is 5.69 Å². The summed E-state index contributed by atoms with van der Waals surface area (Å²) in [4.78, 5) is 15.0. The second kappa shape index (κ2) is 4.89. The smallest absolute Gasteiger partial charge is 0.326 e. The first-order valence-electron chi connectivity index (χ1n) is 6.50. The molecule has 0 unspecified atom stereocenters. The zero-order valence-electron chi connectivity index (χ0n) is 11.5. The van der Waals surface area contributed by atoms with E-state index in [2.05, 4.69) is 18.0 Å². The molecule has 0 amide bonds. The van der Waals surface area contributed by atoms with Crippen LogP contribution < -0.4 is 10.4 Å². The highest BCUT2D eigenvalue weighted by Gasteiger charge is 2.09. The van der Waals surface area contributed by atoms with Crippen LogP contribution in [0.25, 0.3) is 11.0 Å². The number of nitrogens with zero attached hydrogens (tertiary/aromatic N) is 1. The van der Waals surface area contributed by atoms with Crippen molar-refractivity contribution in [3.8, 4) is 5.75 Å². The summed E-state index contributed by atoms with van der Waals surface area (Å²) in [5.41, 5.74) is 3.91. The van der Waals surface area contributed by atoms with Gasteiger partial charge in [0.2, 0.25) is 0 Å². The Bertz CT molecular complexity index is 815. The fourth-order valence-corrected chi connectivity index (χ4v) is 2.38. The van der Waals surface area contributed by atoms with E-state index in [-0.39, 0.29) is 5.69 Å². The number of aromatic amines is 1. The first kappa shape index (κ1) is 12.5. The van der Waals surface area contributed by atoms with Gasteiger partial charge in [-0.3, -0.25) is 4.57 Å². The van der Waals surface area contributed by atoms with Crippen molar-refractivity contribution in [2.45, 2.75) is 13.5 Å². The third-order valence-corrected chi connectivity index (χ3v) is 3.57. The van der Waals surface area contributed by atoms with E-state index in [4.69, 9.17) is 4.74 Å². The van der Waals surface area contributed by atoms with Crippen molar-refractivity contribution in [2.75, 3.05) is 7.11 Å². The lowest BCUT2D eigenvalue weighted by Crippen LogP contribution is -2.17. The van der Waals surface area contributed by atoms with Crippen LogP contribution in [-0.4, -0.2) is 16.7 Å². The molecule has 3 aromatic rings. The molecule has 102 valence electrons. The van der Waals surface area contributed by atoms with Gasteiger partial charge in [-0.15, -0.1) is 0 Å². The van der Waals surface area contributed by atoms with Crippen molar-refractivity contribution in [3.05, 3.63) is 64.1 Å². The molecule has 3 rings (SSSR count). The summed E-state index contributed by atoms with van der Waals surface area (Å²) in [5.74, 6) is 0.738. The van der Waals surface area contributed by atoms with Gasteiger partial charge < -0.3 is 9.72 Å². The number of hydrogen-bond acceptors (Lipinski definition) is 2. The van der Waals surface area contributed by atoms with Gasteiger partial charge in [-0.05, 0) is 30.2 Å². The molecular formula is C16H16N2O2. The van der Waals surface area contributed by atoms with Crippen LogP contribution in [0, 0.1) is 6.92 Å². The molecule has 1 N–H and O–H groups in total. The molecule has 2 aromatic carbocycles. The van der Waals surface area contributed by atoms with Crippen LogP contribution in [0.2, 0.25) is 0 Å². The normalized spacial score (nSPS) is 10.9. The summed E-state index contributed by atoms with van der Waals surface area (Å²) in [6.07, 6.45) is 0. The third kappa shape index (κ3) is 2.09. The number of nitrogens with one attached hydrogen (secondary N) is 1. The maximum absolute atomic E-state index is 12.1. The second-order valence-corrected chi connectivity index (χ2v) is 4.83. The number of ether oxygens (including phenoxy) is 1. The van der Waals surface area contributed by atoms with E-state index in [0.29, 0.717) is 6.54 Å². The first-order chi connectivity index (χ1) is 9.69. The maximum atomic E-state index is 12.1. The van der Waals surface area contributed by atoms with Crippen LogP contribution >= 0.6 is 0 Å². The Morgan fingerprint density at radius 1 is 1.20 bits per heavy atom. The largest absolute Gasteiger partial charge is 0.497 e. The van der Waals surface area contributed by atoms with Gasteiger partial charge in [0.25, 0.3) is 0 Å². The van der Waals surface area contributed by atoms with Crippen molar-refractivity contribution in [3.63, 3.8) is 0 Å². The van der Waals surface area contributed by atoms with E-state index >= 15 is 0 Å². The molecule has 4 heteroatoms. The fourth-order valence-electron chi connectivity index (χ4n) is 2.38. The predicted octanol–water partition coefficient (Wildman–Crippen LogP) is 2.69. The van der Waals surface area contributed by atoms with E-state index in [0.717, 1.165) is 22.3 Å². The lowest BCUT2D eigenvalue weighted by atomic mass is 10.1. The lowest BCUT2D eigenvalue weighted by molar-refractivity contribution is 0.415. The summed E-state index contributed by atoms with van der Waals surface area (Å²) in [6.45, 7) is 2.62. The number of aromatic nitrogens is 2. The summed E-state index contributed by atoms with van der Waals surface area (Å²) in [7, 11) is 1.61. The van der Waals surface area contributed by atoms with Crippen molar-refractivity contribution in [2.24, 2.45) is 0 Å². The Hall–Kier alpha value is -2.49. The summed E-state index contributed by atoms with van der Waals surface area (Å²) in [5, 5.41) is 0. The third-order valence-electron chi connectivity index (χ3n) is 3.57. The van der Waals surface area contributed by atoms with Crippen molar-refractivity contribution >= 4 is 11.0 Å². The minimum atomic E-state index is -0.100. The summed E-state index contributed by atoms with van der Waals surface area (Å²) >= 11 is 0. The molecule has 0 bridgehead atoms. The van der Waals surface area contributed by atoms with Crippen LogP contribution in [-0.2, 0) is 6.54 Å². The van der Waals surface area contributed by atoms with E-state index in [1.807, 2.05) is 36.4 Å². The molecule has 20 heavy (non-hydrogen) atoms. The van der Waals surface area contributed by atoms with Gasteiger partial charge in [-0.2, -0.15) is 0 Å². The number of fused-ring (bicyclic) bond motifs is 1. The number of methoxy groups -OCH3 is 1. The average molecular weight is 268 g/mol. The maximum Gasteiger partial charge on any atom is 0.326 e. The summed E-state index contributed by atoms with van der Waals surface area (Å²) in [6, 6.07) is 13.7. The van der Waals surface area contributed by atoms with E-state index in [9.17, 15) is 4.79 Å². The summed E-state index contributed by atoms with van der Waals surface area (Å²) < 4.78 is 6.92. The minimum absolute atomic E-state index is 0.100. The Labute approximate surface area is 116 Å². The SMILES string of the molecule is COc1ccc2c(c1)[nH]c(=O)n2Cc1ccccc1C. The van der Waals surface area contributed by atoms with Crippen LogP contribution in [0.5, 0.6) is 5.75 Å². The molecular weight excluding hydrogens is 252 g/mol. The van der Waals surface area contributed by atoms with Gasteiger partial charge in [0.05, 0.1) is 24.7 Å². The molecule has 0 spiro atoms. The molecule has 0 fully saturated rings. The lowest BCUT2D eigenvalue weighted by Gasteiger charge is -2.07. The zero-order chi connectivity index (χ0) is 14.1. The number of hydrogen-bond donors (Lipinski definition) is 1. The fraction of sp³-hybridized carbons (Fsp3) is 0.188. The zero-order valence-corrected chi connectivity index (χ0v) is 11.5. The van der Waals surface area contributed by atoms with E-state index in [1.165, 1.54) is 5.56 Å². The minimum Gasteiger partial charge on any atom is -0.497 e. The average Bonchev–Trinajstić information content (AvgIpc) is 2.76. The standard InChI is InChI=1S/C16H16N2O2/c1-11-5-3-4-6-12(11)10-18-15-8-7-13(20-2)9-14(15)17-16(18)19/h3-9H,10H2,1-2H3,(H,17,19). The Balaban J connectivity index is 2.10. The number of rotatable bonds is 3. The topological polar surface area (TPSA) is 47.0 Å². The van der Waals surface area contributed by atoms with Gasteiger partial charge in [-0.1, -0.05) is 24.3 Å². The second-order valence-electron chi connectivity index (χ2n) is 4.83. The van der Waals surface area contributed by atoms with E-state index in [1.54, 1.807) is 11.7 Å². The number of imidazole rings is 1. The molecule has 4 nitrogen and oxygen atoms in total. The highest BCUT2D eigenvalue weighted by atomic mass is 16.5. The molecule has 0 aliphatic rings. The van der Waals surface area contributed by atoms with Gasteiger partial charge in [-0.25, -0.2) is 4.79 Å². The number of aryl methyl sites for hydroxylation is 1. The van der Waals surface area contributed by atoms with E-state index < -0.39 is 0 Å². The van der Waals surface area contributed by atoms with Crippen LogP contribution in [0.1, 0.15) is 11.1 Å². The van der Waals surface area contributed by atoms with Crippen LogP contribution in [0.3, 0.4) is 0 Å².